The second-order valence-corrected chi connectivity index (χ2v) is 6.59. The molecular formula is C20H24N2O2. The molecule has 2 aromatic rings. The molecular weight excluding hydrogens is 300 g/mol. The molecule has 1 aromatic heterocycles. The number of nitrogens with one attached hydrogen (secondary N) is 1. The SMILES string of the molecule is CCCCC(O)(Cc1cccnc1)c1ccc2c(c1)CCC(=O)N2. The molecule has 3 rings (SSSR count). The number of unbranched alkanes of at least 4 members (excludes halogenated alkanes) is 1. The number of aryl methyl sites for hydroxylation is 1. The summed E-state index contributed by atoms with van der Waals surface area (Å²) in [6, 6.07) is 9.82. The Morgan fingerprint density at radius 2 is 2.17 bits per heavy atom. The summed E-state index contributed by atoms with van der Waals surface area (Å²) in [5.74, 6) is 0.0619. The fourth-order valence-corrected chi connectivity index (χ4v) is 3.32. The number of amides is 1. The molecule has 4 heteroatoms. The number of aliphatic hydroxyl groups is 1. The van der Waals surface area contributed by atoms with Gasteiger partial charge in [0.05, 0.1) is 5.60 Å². The third kappa shape index (κ3) is 3.65. The van der Waals surface area contributed by atoms with E-state index < -0.39 is 5.60 Å². The zero-order chi connectivity index (χ0) is 17.0. The molecule has 2 N–H and O–H groups in total. The van der Waals surface area contributed by atoms with Crippen molar-refractivity contribution in [1.29, 1.82) is 0 Å². The first kappa shape index (κ1) is 16.7. The first-order valence-electron chi connectivity index (χ1n) is 8.65. The number of benzene rings is 1. The maximum absolute atomic E-state index is 11.5. The number of rotatable bonds is 6. The first-order valence-corrected chi connectivity index (χ1v) is 8.65. The van der Waals surface area contributed by atoms with Gasteiger partial charge in [-0.05, 0) is 41.7 Å². The van der Waals surface area contributed by atoms with Crippen molar-refractivity contribution in [3.63, 3.8) is 0 Å². The minimum Gasteiger partial charge on any atom is -0.385 e. The van der Waals surface area contributed by atoms with Gasteiger partial charge in [0.15, 0.2) is 0 Å². The molecule has 4 nitrogen and oxygen atoms in total. The van der Waals surface area contributed by atoms with Gasteiger partial charge in [-0.15, -0.1) is 0 Å². The average molecular weight is 324 g/mol. The van der Waals surface area contributed by atoms with E-state index in [-0.39, 0.29) is 5.91 Å². The summed E-state index contributed by atoms with van der Waals surface area (Å²) >= 11 is 0. The molecule has 0 spiro atoms. The van der Waals surface area contributed by atoms with E-state index in [9.17, 15) is 9.90 Å². The maximum atomic E-state index is 11.5. The lowest BCUT2D eigenvalue weighted by molar-refractivity contribution is -0.116. The van der Waals surface area contributed by atoms with Gasteiger partial charge in [-0.25, -0.2) is 0 Å². The molecule has 0 saturated carbocycles. The lowest BCUT2D eigenvalue weighted by Crippen LogP contribution is -2.29. The highest BCUT2D eigenvalue weighted by Gasteiger charge is 2.30. The number of anilines is 1. The quantitative estimate of drug-likeness (QED) is 0.853. The minimum atomic E-state index is -0.907. The molecule has 126 valence electrons. The molecule has 1 aromatic carbocycles. The van der Waals surface area contributed by atoms with Crippen molar-refractivity contribution in [2.45, 2.75) is 51.0 Å². The van der Waals surface area contributed by atoms with E-state index in [0.717, 1.165) is 41.6 Å². The van der Waals surface area contributed by atoms with Crippen LogP contribution in [0.3, 0.4) is 0 Å². The van der Waals surface area contributed by atoms with Crippen LogP contribution >= 0.6 is 0 Å². The molecule has 1 aliphatic rings. The summed E-state index contributed by atoms with van der Waals surface area (Å²) in [6.45, 7) is 2.13. The van der Waals surface area contributed by atoms with Crippen LogP contribution in [0, 0.1) is 0 Å². The lowest BCUT2D eigenvalue weighted by Gasteiger charge is -2.30. The Balaban J connectivity index is 1.92. The van der Waals surface area contributed by atoms with Crippen LogP contribution in [0.1, 0.15) is 49.3 Å². The van der Waals surface area contributed by atoms with Crippen molar-refractivity contribution in [1.82, 2.24) is 4.98 Å². The van der Waals surface area contributed by atoms with E-state index in [0.29, 0.717) is 19.3 Å². The number of nitrogens with zero attached hydrogens (tertiary/aromatic N) is 1. The minimum absolute atomic E-state index is 0.0619. The van der Waals surface area contributed by atoms with Crippen molar-refractivity contribution >= 4 is 11.6 Å². The highest BCUT2D eigenvalue weighted by molar-refractivity contribution is 5.93. The van der Waals surface area contributed by atoms with Gasteiger partial charge in [0.25, 0.3) is 0 Å². The van der Waals surface area contributed by atoms with E-state index in [1.165, 1.54) is 0 Å². The highest BCUT2D eigenvalue weighted by atomic mass is 16.3. The van der Waals surface area contributed by atoms with Crippen molar-refractivity contribution in [2.75, 3.05) is 5.32 Å². The molecule has 0 saturated heterocycles. The molecule has 1 aliphatic heterocycles. The van der Waals surface area contributed by atoms with Gasteiger partial charge in [0.1, 0.15) is 0 Å². The van der Waals surface area contributed by atoms with Gasteiger partial charge in [0.2, 0.25) is 5.91 Å². The van der Waals surface area contributed by atoms with Crippen molar-refractivity contribution in [2.24, 2.45) is 0 Å². The van der Waals surface area contributed by atoms with Gasteiger partial charge in [-0.3, -0.25) is 9.78 Å². The lowest BCUT2D eigenvalue weighted by atomic mass is 9.82. The molecule has 0 fully saturated rings. The molecule has 24 heavy (non-hydrogen) atoms. The fourth-order valence-electron chi connectivity index (χ4n) is 3.32. The number of fused-ring (bicyclic) bond motifs is 1. The summed E-state index contributed by atoms with van der Waals surface area (Å²) in [7, 11) is 0. The number of pyridine rings is 1. The first-order chi connectivity index (χ1) is 11.6. The summed E-state index contributed by atoms with van der Waals surface area (Å²) in [4.78, 5) is 15.7. The topological polar surface area (TPSA) is 62.2 Å². The number of carbonyl (C=O) groups excluding carboxylic acids is 1. The second kappa shape index (κ2) is 7.14. The van der Waals surface area contributed by atoms with Crippen LogP contribution < -0.4 is 5.32 Å². The summed E-state index contributed by atoms with van der Waals surface area (Å²) in [5, 5.41) is 14.3. The monoisotopic (exact) mass is 324 g/mol. The number of hydrogen-bond donors (Lipinski definition) is 2. The van der Waals surface area contributed by atoms with Gasteiger partial charge in [-0.2, -0.15) is 0 Å². The zero-order valence-corrected chi connectivity index (χ0v) is 14.1. The Labute approximate surface area is 142 Å². The molecule has 0 bridgehead atoms. The molecule has 0 aliphatic carbocycles. The average Bonchev–Trinajstić information content (AvgIpc) is 2.60. The largest absolute Gasteiger partial charge is 0.385 e. The molecule has 1 amide bonds. The predicted molar refractivity (Wildman–Crippen MR) is 94.8 cm³/mol. The van der Waals surface area contributed by atoms with E-state index in [2.05, 4.69) is 23.3 Å². The van der Waals surface area contributed by atoms with E-state index in [1.54, 1.807) is 6.20 Å². The summed E-state index contributed by atoms with van der Waals surface area (Å²) < 4.78 is 0. The van der Waals surface area contributed by atoms with Crippen LogP contribution in [-0.2, 0) is 23.2 Å². The van der Waals surface area contributed by atoms with Crippen LogP contribution in [0.5, 0.6) is 0 Å². The van der Waals surface area contributed by atoms with Crippen LogP contribution in [0.2, 0.25) is 0 Å². The number of carbonyl (C=O) groups is 1. The molecule has 1 unspecified atom stereocenters. The van der Waals surface area contributed by atoms with Gasteiger partial charge >= 0.3 is 0 Å². The number of aromatic nitrogens is 1. The summed E-state index contributed by atoms with van der Waals surface area (Å²) in [6.07, 6.45) is 8.06. The normalized spacial score (nSPS) is 16.2. The Morgan fingerprint density at radius 1 is 1.29 bits per heavy atom. The standard InChI is InChI=1S/C20H24N2O2/c1-2-3-10-20(24,13-15-5-4-11-21-14-15)17-7-8-18-16(12-17)6-9-19(23)22-18/h4-5,7-8,11-12,14,24H,2-3,6,9-10,13H2,1H3,(H,22,23). The predicted octanol–water partition coefficient (Wildman–Crippen LogP) is 3.59. The Bertz CT molecular complexity index is 715. The van der Waals surface area contributed by atoms with E-state index in [4.69, 9.17) is 0 Å². The molecule has 1 atom stereocenters. The van der Waals surface area contributed by atoms with Gasteiger partial charge in [0, 0.05) is 30.9 Å². The maximum Gasteiger partial charge on any atom is 0.224 e. The van der Waals surface area contributed by atoms with Crippen LogP contribution in [0.25, 0.3) is 0 Å². The number of hydrogen-bond acceptors (Lipinski definition) is 3. The summed E-state index contributed by atoms with van der Waals surface area (Å²) in [5.41, 5.74) is 3.02. The van der Waals surface area contributed by atoms with Gasteiger partial charge < -0.3 is 10.4 Å². The fraction of sp³-hybridized carbons (Fsp3) is 0.400. The Hall–Kier alpha value is -2.20. The zero-order valence-electron chi connectivity index (χ0n) is 14.1. The third-order valence-corrected chi connectivity index (χ3v) is 4.70. The van der Waals surface area contributed by atoms with Crippen molar-refractivity contribution in [3.05, 3.63) is 59.4 Å². The van der Waals surface area contributed by atoms with E-state index >= 15 is 0 Å². The smallest absolute Gasteiger partial charge is 0.224 e. The van der Waals surface area contributed by atoms with Crippen LogP contribution in [0.15, 0.2) is 42.7 Å². The van der Waals surface area contributed by atoms with E-state index in [1.807, 2.05) is 30.5 Å². The molecule has 2 heterocycles. The molecule has 0 radical (unpaired) electrons. The second-order valence-electron chi connectivity index (χ2n) is 6.59. The Morgan fingerprint density at radius 3 is 2.92 bits per heavy atom. The third-order valence-electron chi connectivity index (χ3n) is 4.70. The van der Waals surface area contributed by atoms with Crippen molar-refractivity contribution in [3.8, 4) is 0 Å². The highest BCUT2D eigenvalue weighted by Crippen LogP contribution is 2.34. The Kier molecular flexibility index (Phi) is 4.95. The van der Waals surface area contributed by atoms with Crippen molar-refractivity contribution < 1.29 is 9.90 Å². The van der Waals surface area contributed by atoms with Gasteiger partial charge in [-0.1, -0.05) is 38.0 Å². The van der Waals surface area contributed by atoms with Crippen LogP contribution in [0.4, 0.5) is 5.69 Å². The van der Waals surface area contributed by atoms with Crippen LogP contribution in [-0.4, -0.2) is 16.0 Å².